The van der Waals surface area contributed by atoms with Crippen LogP contribution in [0.15, 0.2) is 60.9 Å². The lowest BCUT2D eigenvalue weighted by Crippen LogP contribution is -2.31. The van der Waals surface area contributed by atoms with Crippen LogP contribution in [0.3, 0.4) is 0 Å². The molecule has 194 valence electrons. The van der Waals surface area contributed by atoms with Gasteiger partial charge in [-0.15, -0.1) is 0 Å². The maximum atomic E-state index is 12.3. The van der Waals surface area contributed by atoms with Gasteiger partial charge in [-0.1, -0.05) is 6.07 Å². The fourth-order valence-corrected chi connectivity index (χ4v) is 5.41. The van der Waals surface area contributed by atoms with E-state index < -0.39 is 0 Å². The van der Waals surface area contributed by atoms with E-state index in [9.17, 15) is 4.79 Å². The zero-order valence-electron chi connectivity index (χ0n) is 20.9. The second-order valence-electron chi connectivity index (χ2n) is 9.08. The van der Waals surface area contributed by atoms with Crippen LogP contribution in [0.4, 0.5) is 11.4 Å². The number of pyridine rings is 1. The van der Waals surface area contributed by atoms with Crippen LogP contribution in [-0.4, -0.2) is 54.1 Å². The Hall–Kier alpha value is -3.47. The van der Waals surface area contributed by atoms with Gasteiger partial charge in [-0.05, 0) is 67.5 Å². The summed E-state index contributed by atoms with van der Waals surface area (Å²) in [5.74, 6) is 0.277. The molecule has 1 amide bonds. The number of methoxy groups -OCH3 is 2. The number of benzene rings is 1. The summed E-state index contributed by atoms with van der Waals surface area (Å²) in [4.78, 5) is 19.0. The number of rotatable bonds is 9. The van der Waals surface area contributed by atoms with Gasteiger partial charge in [0.2, 0.25) is 5.91 Å². The molecule has 5 rings (SSSR count). The molecule has 2 aliphatic heterocycles. The van der Waals surface area contributed by atoms with Crippen LogP contribution in [0.2, 0.25) is 0 Å². The molecule has 0 spiro atoms. The number of nitrogens with zero attached hydrogens (tertiary/aromatic N) is 3. The van der Waals surface area contributed by atoms with E-state index in [0.717, 1.165) is 43.1 Å². The first-order chi connectivity index (χ1) is 18.1. The quantitative estimate of drug-likeness (QED) is 0.411. The third kappa shape index (κ3) is 5.31. The van der Waals surface area contributed by atoms with Crippen molar-refractivity contribution in [2.45, 2.75) is 37.6 Å². The monoisotopic (exact) mass is 521 g/mol. The molecule has 2 fully saturated rings. The number of ether oxygens (including phenoxy) is 3. The number of anilines is 2. The molecule has 1 aromatic carbocycles. The Morgan fingerprint density at radius 3 is 2.86 bits per heavy atom. The van der Waals surface area contributed by atoms with Gasteiger partial charge in [0, 0.05) is 44.0 Å². The van der Waals surface area contributed by atoms with E-state index in [0.29, 0.717) is 16.5 Å². The molecule has 0 aliphatic carbocycles. The van der Waals surface area contributed by atoms with Gasteiger partial charge in [0.1, 0.15) is 18.4 Å². The van der Waals surface area contributed by atoms with E-state index in [-0.39, 0.29) is 30.7 Å². The van der Waals surface area contributed by atoms with Crippen molar-refractivity contribution in [1.29, 1.82) is 0 Å². The number of amides is 1. The maximum Gasteiger partial charge on any atom is 0.250 e. The molecule has 2 aliphatic rings. The minimum absolute atomic E-state index is 0.0573. The number of hydrogen-bond acceptors (Lipinski definition) is 6. The smallest absolute Gasteiger partial charge is 0.250 e. The molecule has 3 atom stereocenters. The van der Waals surface area contributed by atoms with Gasteiger partial charge in [0.05, 0.1) is 30.6 Å². The summed E-state index contributed by atoms with van der Waals surface area (Å²) in [6, 6.07) is 15.4. The Balaban J connectivity index is 1.56. The highest BCUT2D eigenvalue weighted by atomic mass is 32.1. The van der Waals surface area contributed by atoms with Gasteiger partial charge < -0.3 is 34.3 Å². The van der Waals surface area contributed by atoms with Crippen LogP contribution in [-0.2, 0) is 20.8 Å². The Labute approximate surface area is 221 Å². The van der Waals surface area contributed by atoms with Gasteiger partial charge >= 0.3 is 0 Å². The van der Waals surface area contributed by atoms with Crippen molar-refractivity contribution in [2.24, 2.45) is 0 Å². The summed E-state index contributed by atoms with van der Waals surface area (Å²) in [6.07, 6.45) is 6.22. The first kappa shape index (κ1) is 25.2. The molecular formula is C27H31N5O4S. The molecule has 0 radical (unpaired) electrons. The Bertz CT molecular complexity index is 1240. The van der Waals surface area contributed by atoms with E-state index in [2.05, 4.69) is 43.4 Å². The zero-order chi connectivity index (χ0) is 25.8. The molecule has 2 N–H and O–H groups in total. The summed E-state index contributed by atoms with van der Waals surface area (Å²) in [5.41, 5.74) is 3.35. The highest BCUT2D eigenvalue weighted by Crippen LogP contribution is 2.43. The largest absolute Gasteiger partial charge is 0.495 e. The second-order valence-corrected chi connectivity index (χ2v) is 9.47. The molecule has 10 heteroatoms. The van der Waals surface area contributed by atoms with E-state index in [1.807, 2.05) is 36.4 Å². The summed E-state index contributed by atoms with van der Waals surface area (Å²) in [6.45, 7) is 1.52. The molecule has 3 aromatic rings. The van der Waals surface area contributed by atoms with Crippen LogP contribution in [0.1, 0.15) is 36.3 Å². The molecule has 0 bridgehead atoms. The van der Waals surface area contributed by atoms with Crippen molar-refractivity contribution in [3.63, 3.8) is 0 Å². The standard InChI is InChI=1S/C27H31N5O4S/c1-34-17-24(33)29-21-15-18(10-11-23(21)35-2)32-26(25(30-27(32)37)20-8-3-4-12-28-20)22-9-5-13-31(22)16-19-7-6-14-36-19/h3-5,8-13,15,19,25-26H,6-7,14,16-17H2,1-2H3,(H,29,33)(H,30,37)/t19-,25-,26-/m0/s1. The first-order valence-electron chi connectivity index (χ1n) is 12.3. The number of aromatic nitrogens is 2. The van der Waals surface area contributed by atoms with E-state index in [1.54, 1.807) is 13.3 Å². The minimum atomic E-state index is -0.270. The lowest BCUT2D eigenvalue weighted by atomic mass is 10.0. The number of carbonyl (C=O) groups is 1. The van der Waals surface area contributed by atoms with E-state index in [4.69, 9.17) is 26.4 Å². The van der Waals surface area contributed by atoms with Crippen LogP contribution in [0, 0.1) is 0 Å². The van der Waals surface area contributed by atoms with Gasteiger partial charge in [0.25, 0.3) is 0 Å². The SMILES string of the molecule is COCC(=O)Nc1cc(N2C(=S)N[C@@H](c3ccccn3)[C@@H]2c2cccn2C[C@@H]2CCCO2)ccc1OC. The topological polar surface area (TPSA) is 89.9 Å². The lowest BCUT2D eigenvalue weighted by Gasteiger charge is -2.30. The average molecular weight is 522 g/mol. The highest BCUT2D eigenvalue weighted by Gasteiger charge is 2.42. The molecule has 4 heterocycles. The molecule has 37 heavy (non-hydrogen) atoms. The summed E-state index contributed by atoms with van der Waals surface area (Å²) < 4.78 is 18.7. The molecule has 0 unspecified atom stereocenters. The number of carbonyl (C=O) groups excluding carboxylic acids is 1. The molecular weight excluding hydrogens is 490 g/mol. The Morgan fingerprint density at radius 2 is 2.14 bits per heavy atom. The first-order valence-corrected chi connectivity index (χ1v) is 12.7. The normalized spacial score (nSPS) is 21.2. The molecule has 2 aromatic heterocycles. The molecule has 2 saturated heterocycles. The molecule has 0 saturated carbocycles. The third-order valence-electron chi connectivity index (χ3n) is 6.70. The van der Waals surface area contributed by atoms with Crippen molar-refractivity contribution in [2.75, 3.05) is 37.7 Å². The lowest BCUT2D eigenvalue weighted by molar-refractivity contribution is -0.119. The van der Waals surface area contributed by atoms with Gasteiger partial charge in [-0.3, -0.25) is 9.78 Å². The maximum absolute atomic E-state index is 12.3. The van der Waals surface area contributed by atoms with Crippen LogP contribution >= 0.6 is 12.2 Å². The Morgan fingerprint density at radius 1 is 1.24 bits per heavy atom. The van der Waals surface area contributed by atoms with Crippen molar-refractivity contribution >= 4 is 34.6 Å². The van der Waals surface area contributed by atoms with Gasteiger partial charge in [0.15, 0.2) is 5.11 Å². The fourth-order valence-electron chi connectivity index (χ4n) is 5.06. The van der Waals surface area contributed by atoms with Crippen LogP contribution in [0.25, 0.3) is 0 Å². The number of nitrogens with one attached hydrogen (secondary N) is 2. The van der Waals surface area contributed by atoms with Gasteiger partial charge in [-0.25, -0.2) is 0 Å². The Kier molecular flexibility index (Phi) is 7.68. The van der Waals surface area contributed by atoms with Crippen molar-refractivity contribution < 1.29 is 19.0 Å². The summed E-state index contributed by atoms with van der Waals surface area (Å²) >= 11 is 5.89. The highest BCUT2D eigenvalue weighted by molar-refractivity contribution is 7.80. The second kappa shape index (κ2) is 11.3. The van der Waals surface area contributed by atoms with E-state index >= 15 is 0 Å². The predicted octanol–water partition coefficient (Wildman–Crippen LogP) is 3.83. The van der Waals surface area contributed by atoms with Crippen molar-refractivity contribution in [3.05, 3.63) is 72.3 Å². The molecule has 9 nitrogen and oxygen atoms in total. The third-order valence-corrected chi connectivity index (χ3v) is 7.02. The van der Waals surface area contributed by atoms with Crippen molar-refractivity contribution in [1.82, 2.24) is 14.9 Å². The zero-order valence-corrected chi connectivity index (χ0v) is 21.7. The summed E-state index contributed by atoms with van der Waals surface area (Å²) in [5, 5.41) is 6.95. The summed E-state index contributed by atoms with van der Waals surface area (Å²) in [7, 11) is 3.05. The average Bonchev–Trinajstić information content (AvgIpc) is 3.65. The van der Waals surface area contributed by atoms with Gasteiger partial charge in [-0.2, -0.15) is 0 Å². The minimum Gasteiger partial charge on any atom is -0.495 e. The van der Waals surface area contributed by atoms with Crippen LogP contribution in [0.5, 0.6) is 5.75 Å². The van der Waals surface area contributed by atoms with E-state index in [1.165, 1.54) is 7.11 Å². The van der Waals surface area contributed by atoms with Crippen molar-refractivity contribution in [3.8, 4) is 5.75 Å². The number of hydrogen-bond donors (Lipinski definition) is 2. The fraction of sp³-hybridized carbons (Fsp3) is 0.370. The number of thiocarbonyl (C=S) groups is 1. The predicted molar refractivity (Wildman–Crippen MR) is 145 cm³/mol. The van der Waals surface area contributed by atoms with Crippen LogP contribution < -0.4 is 20.3 Å².